The number of aliphatic hydroxyl groups excluding tert-OH is 1. The highest BCUT2D eigenvalue weighted by Crippen LogP contribution is 2.69. The fraction of sp³-hybridized carbons (Fsp3) is 0.690. The van der Waals surface area contributed by atoms with Crippen LogP contribution in [0, 0.1) is 34.5 Å². The van der Waals surface area contributed by atoms with E-state index in [0.717, 1.165) is 37.3 Å². The number of para-hydroxylation sites is 1. The number of carbonyl (C=O) groups is 1. The highest BCUT2D eigenvalue weighted by atomic mass is 16.3. The van der Waals surface area contributed by atoms with Gasteiger partial charge in [0.2, 0.25) is 5.91 Å². The summed E-state index contributed by atoms with van der Waals surface area (Å²) in [6.07, 6.45) is 10.3. The first-order valence-electron chi connectivity index (χ1n) is 13.0. The van der Waals surface area contributed by atoms with Gasteiger partial charge in [-0.2, -0.15) is 0 Å². The highest BCUT2D eigenvalue weighted by molar-refractivity contribution is 5.94. The minimum absolute atomic E-state index is 0.141. The van der Waals surface area contributed by atoms with Crippen LogP contribution in [-0.4, -0.2) is 23.2 Å². The van der Waals surface area contributed by atoms with Gasteiger partial charge in [0, 0.05) is 18.7 Å². The quantitative estimate of drug-likeness (QED) is 0.504. The Morgan fingerprint density at radius 1 is 1.12 bits per heavy atom. The van der Waals surface area contributed by atoms with Crippen LogP contribution in [-0.2, 0) is 4.79 Å². The maximum absolute atomic E-state index is 13.0. The molecule has 172 valence electrons. The average Bonchev–Trinajstić information content (AvgIpc) is 3.07. The Labute approximate surface area is 193 Å². The zero-order valence-electron chi connectivity index (χ0n) is 20.2. The van der Waals surface area contributed by atoms with Crippen molar-refractivity contribution >= 4 is 11.6 Å². The number of benzene rings is 1. The van der Waals surface area contributed by atoms with Crippen molar-refractivity contribution in [3.63, 3.8) is 0 Å². The lowest BCUT2D eigenvalue weighted by molar-refractivity contribution is -0.117. The fourth-order valence-electron chi connectivity index (χ4n) is 9.73. The van der Waals surface area contributed by atoms with E-state index in [1.54, 1.807) is 12.5 Å². The Bertz CT molecular complexity index is 983. The molecule has 32 heavy (non-hydrogen) atoms. The number of amides is 1. The van der Waals surface area contributed by atoms with Crippen LogP contribution in [0.1, 0.15) is 84.1 Å². The maximum atomic E-state index is 13.0. The molecule has 1 aliphatic heterocycles. The van der Waals surface area contributed by atoms with E-state index in [2.05, 4.69) is 56.0 Å². The van der Waals surface area contributed by atoms with E-state index in [1.165, 1.54) is 24.8 Å². The summed E-state index contributed by atoms with van der Waals surface area (Å²) in [6.45, 7) is 9.28. The second kappa shape index (κ2) is 6.95. The first-order valence-corrected chi connectivity index (χ1v) is 13.0. The number of carbonyl (C=O) groups excluding carboxylic acids is 1. The van der Waals surface area contributed by atoms with E-state index in [1.807, 2.05) is 0 Å². The molecule has 3 fully saturated rings. The molecule has 3 nitrogen and oxygen atoms in total. The predicted molar refractivity (Wildman–Crippen MR) is 128 cm³/mol. The standard InChI is InChI=1S/C29H39NO2/c1-17-21-7-5-6-8-25(21)30(18(2)31)26-16-24-22-10-9-19-15-20(32)11-13-28(19,3)23(22)12-14-29(24,4)27(17)26/h5-9,17,20,22-24,26-27,32H,10-16H2,1-4H3/t17-,20+,22-,23+,24+,26+,27+,28+,29+/m1/s1. The van der Waals surface area contributed by atoms with Crippen LogP contribution in [0.15, 0.2) is 35.9 Å². The number of nitrogens with zero attached hydrogens (tertiary/aromatic N) is 1. The largest absolute Gasteiger partial charge is 0.393 e. The van der Waals surface area contributed by atoms with Crippen molar-refractivity contribution in [3.05, 3.63) is 41.5 Å². The van der Waals surface area contributed by atoms with Crippen molar-refractivity contribution in [2.45, 2.75) is 90.7 Å². The molecule has 9 atom stereocenters. The molecule has 3 heteroatoms. The molecule has 0 aromatic heterocycles. The molecule has 6 rings (SSSR count). The predicted octanol–water partition coefficient (Wildman–Crippen LogP) is 6.08. The molecule has 4 aliphatic carbocycles. The third-order valence-electron chi connectivity index (χ3n) is 11.1. The smallest absolute Gasteiger partial charge is 0.224 e. The molecule has 1 N–H and O–H groups in total. The summed E-state index contributed by atoms with van der Waals surface area (Å²) in [4.78, 5) is 15.1. The third-order valence-corrected chi connectivity index (χ3v) is 11.1. The van der Waals surface area contributed by atoms with Gasteiger partial charge in [-0.05, 0) is 97.0 Å². The summed E-state index contributed by atoms with van der Waals surface area (Å²) >= 11 is 0. The second-order valence-corrected chi connectivity index (χ2v) is 12.3. The highest BCUT2D eigenvalue weighted by Gasteiger charge is 2.64. The van der Waals surface area contributed by atoms with Gasteiger partial charge in [-0.15, -0.1) is 0 Å². The topological polar surface area (TPSA) is 40.5 Å². The summed E-state index contributed by atoms with van der Waals surface area (Å²) in [5.41, 5.74) is 4.63. The normalized spacial score (nSPS) is 46.8. The van der Waals surface area contributed by atoms with Gasteiger partial charge in [-0.3, -0.25) is 4.79 Å². The Morgan fingerprint density at radius 2 is 1.91 bits per heavy atom. The fourth-order valence-corrected chi connectivity index (χ4v) is 9.73. The lowest BCUT2D eigenvalue weighted by Gasteiger charge is -2.58. The first-order chi connectivity index (χ1) is 15.3. The van der Waals surface area contributed by atoms with Crippen LogP contribution < -0.4 is 4.90 Å². The SMILES string of the molecule is CC(=O)N1c2ccccc2[C@@H](C)[C@H]2[C@@H]1C[C@H]1[C@@H]3CC=C4C[C@@H](O)CC[C@]4(C)[C@H]3CC[C@]21C. The molecule has 0 radical (unpaired) electrons. The molecule has 1 aromatic carbocycles. The monoisotopic (exact) mass is 433 g/mol. The molecular formula is C29H39NO2. The average molecular weight is 434 g/mol. The molecule has 1 heterocycles. The van der Waals surface area contributed by atoms with Crippen LogP contribution in [0.3, 0.4) is 0 Å². The minimum atomic E-state index is -0.141. The van der Waals surface area contributed by atoms with E-state index in [4.69, 9.17) is 0 Å². The lowest BCUT2D eigenvalue weighted by atomic mass is 9.47. The number of hydrogen-bond donors (Lipinski definition) is 1. The van der Waals surface area contributed by atoms with Crippen LogP contribution in [0.25, 0.3) is 0 Å². The van der Waals surface area contributed by atoms with E-state index in [9.17, 15) is 9.90 Å². The van der Waals surface area contributed by atoms with E-state index >= 15 is 0 Å². The summed E-state index contributed by atoms with van der Waals surface area (Å²) < 4.78 is 0. The van der Waals surface area contributed by atoms with Crippen LogP contribution >= 0.6 is 0 Å². The van der Waals surface area contributed by atoms with Gasteiger partial charge in [-0.25, -0.2) is 0 Å². The Morgan fingerprint density at radius 3 is 2.69 bits per heavy atom. The maximum Gasteiger partial charge on any atom is 0.224 e. The van der Waals surface area contributed by atoms with Crippen molar-refractivity contribution in [1.82, 2.24) is 0 Å². The van der Waals surface area contributed by atoms with Crippen molar-refractivity contribution < 1.29 is 9.90 Å². The van der Waals surface area contributed by atoms with Crippen molar-refractivity contribution in [1.29, 1.82) is 0 Å². The van der Waals surface area contributed by atoms with Gasteiger partial charge in [-0.1, -0.05) is 50.6 Å². The summed E-state index contributed by atoms with van der Waals surface area (Å²) in [5, 5.41) is 10.3. The first kappa shape index (κ1) is 21.0. The van der Waals surface area contributed by atoms with E-state index in [-0.39, 0.29) is 17.4 Å². The van der Waals surface area contributed by atoms with E-state index in [0.29, 0.717) is 35.1 Å². The summed E-state index contributed by atoms with van der Waals surface area (Å²) in [6, 6.07) is 9.00. The van der Waals surface area contributed by atoms with Gasteiger partial charge in [0.05, 0.1) is 6.10 Å². The summed E-state index contributed by atoms with van der Waals surface area (Å²) in [5.74, 6) is 3.37. The van der Waals surface area contributed by atoms with Gasteiger partial charge in [0.1, 0.15) is 0 Å². The van der Waals surface area contributed by atoms with Gasteiger partial charge < -0.3 is 10.0 Å². The van der Waals surface area contributed by atoms with Gasteiger partial charge in [0.15, 0.2) is 0 Å². The zero-order valence-corrected chi connectivity index (χ0v) is 20.2. The molecule has 0 bridgehead atoms. The number of rotatable bonds is 0. The Hall–Kier alpha value is -1.61. The number of hydrogen-bond acceptors (Lipinski definition) is 2. The molecule has 0 saturated heterocycles. The third kappa shape index (κ3) is 2.61. The van der Waals surface area contributed by atoms with Crippen LogP contribution in [0.5, 0.6) is 0 Å². The Kier molecular flexibility index (Phi) is 4.55. The summed E-state index contributed by atoms with van der Waals surface area (Å²) in [7, 11) is 0. The molecule has 1 aromatic rings. The molecular weight excluding hydrogens is 394 g/mol. The van der Waals surface area contributed by atoms with Gasteiger partial charge in [0.25, 0.3) is 0 Å². The molecule has 1 amide bonds. The van der Waals surface area contributed by atoms with Crippen LogP contribution in [0.2, 0.25) is 0 Å². The number of allylic oxidation sites excluding steroid dienone is 1. The molecule has 5 aliphatic rings. The molecule has 3 saturated carbocycles. The van der Waals surface area contributed by atoms with Crippen LogP contribution in [0.4, 0.5) is 5.69 Å². The number of anilines is 1. The number of aliphatic hydroxyl groups is 1. The van der Waals surface area contributed by atoms with E-state index < -0.39 is 0 Å². The Balaban J connectivity index is 1.41. The zero-order chi connectivity index (χ0) is 22.4. The van der Waals surface area contributed by atoms with Crippen molar-refractivity contribution in [2.24, 2.45) is 34.5 Å². The molecule has 0 spiro atoms. The minimum Gasteiger partial charge on any atom is -0.393 e. The second-order valence-electron chi connectivity index (χ2n) is 12.3. The van der Waals surface area contributed by atoms with Gasteiger partial charge >= 0.3 is 0 Å². The molecule has 0 unspecified atom stereocenters. The number of fused-ring (bicyclic) bond motifs is 8. The lowest BCUT2D eigenvalue weighted by Crippen LogP contribution is -2.52. The van der Waals surface area contributed by atoms with Crippen molar-refractivity contribution in [2.75, 3.05) is 4.90 Å². The van der Waals surface area contributed by atoms with Crippen molar-refractivity contribution in [3.8, 4) is 0 Å².